The molecule has 1 amide bonds. The zero-order chi connectivity index (χ0) is 17.5. The summed E-state index contributed by atoms with van der Waals surface area (Å²) in [6, 6.07) is 1.58. The number of hydrogen-bond acceptors (Lipinski definition) is 6. The molecular formula is C15H20N4O4S. The van der Waals surface area contributed by atoms with Crippen LogP contribution in [0.25, 0.3) is 0 Å². The molecule has 24 heavy (non-hydrogen) atoms. The smallest absolute Gasteiger partial charge is 0.274 e. The van der Waals surface area contributed by atoms with Crippen molar-refractivity contribution in [1.82, 2.24) is 20.3 Å². The number of sulfone groups is 1. The summed E-state index contributed by atoms with van der Waals surface area (Å²) in [7, 11) is -3.05. The Morgan fingerprint density at radius 1 is 1.42 bits per heavy atom. The Morgan fingerprint density at radius 2 is 2.17 bits per heavy atom. The number of amides is 1. The van der Waals surface area contributed by atoms with E-state index in [4.69, 9.17) is 4.52 Å². The topological polar surface area (TPSA) is 107 Å². The fourth-order valence-corrected chi connectivity index (χ4v) is 4.58. The minimum Gasteiger partial charge on any atom is -0.361 e. The fourth-order valence-electron chi connectivity index (χ4n) is 2.90. The van der Waals surface area contributed by atoms with Crippen molar-refractivity contribution in [2.24, 2.45) is 0 Å². The van der Waals surface area contributed by atoms with Crippen molar-refractivity contribution in [2.75, 3.05) is 11.5 Å². The average molecular weight is 352 g/mol. The molecule has 0 radical (unpaired) electrons. The maximum absolute atomic E-state index is 12.5. The molecule has 0 bridgehead atoms. The monoisotopic (exact) mass is 352 g/mol. The van der Waals surface area contributed by atoms with Gasteiger partial charge in [-0.25, -0.2) is 8.42 Å². The Morgan fingerprint density at radius 3 is 2.75 bits per heavy atom. The highest BCUT2D eigenvalue weighted by molar-refractivity contribution is 7.91. The standard InChI is InChI=1S/C15H20N4O4S/c1-9-6-10(2)19(17-9)7-13-11(3)23-18-14(13)15(20)16-12-4-5-24(21,22)8-12/h6,12H,4-5,7-8H2,1-3H3,(H,16,20). The number of aromatic nitrogens is 3. The van der Waals surface area contributed by atoms with Gasteiger partial charge in [0.2, 0.25) is 0 Å². The van der Waals surface area contributed by atoms with Crippen molar-refractivity contribution in [3.05, 3.63) is 34.5 Å². The molecule has 2 aromatic heterocycles. The zero-order valence-corrected chi connectivity index (χ0v) is 14.7. The summed E-state index contributed by atoms with van der Waals surface area (Å²) >= 11 is 0. The van der Waals surface area contributed by atoms with Gasteiger partial charge in [0, 0.05) is 17.3 Å². The lowest BCUT2D eigenvalue weighted by Crippen LogP contribution is -2.36. The van der Waals surface area contributed by atoms with Crippen LogP contribution in [0.5, 0.6) is 0 Å². The Labute approximate surface area is 140 Å². The molecule has 1 aliphatic rings. The van der Waals surface area contributed by atoms with E-state index in [-0.39, 0.29) is 23.2 Å². The Bertz CT molecular complexity index is 881. The maximum atomic E-state index is 12.5. The summed E-state index contributed by atoms with van der Waals surface area (Å²) in [6.45, 7) is 5.95. The minimum atomic E-state index is -3.05. The normalized spacial score (nSPS) is 19.5. The number of nitrogens with zero attached hydrogens (tertiary/aromatic N) is 3. The third-order valence-electron chi connectivity index (χ3n) is 4.18. The number of carbonyl (C=O) groups excluding carboxylic acids is 1. The first-order chi connectivity index (χ1) is 11.2. The van der Waals surface area contributed by atoms with Gasteiger partial charge in [-0.2, -0.15) is 5.10 Å². The highest BCUT2D eigenvalue weighted by atomic mass is 32.2. The molecule has 1 N–H and O–H groups in total. The van der Waals surface area contributed by atoms with Crippen molar-refractivity contribution in [1.29, 1.82) is 0 Å². The van der Waals surface area contributed by atoms with Gasteiger partial charge >= 0.3 is 0 Å². The van der Waals surface area contributed by atoms with E-state index in [2.05, 4.69) is 15.6 Å². The van der Waals surface area contributed by atoms with E-state index in [0.29, 0.717) is 24.3 Å². The van der Waals surface area contributed by atoms with Crippen molar-refractivity contribution >= 4 is 15.7 Å². The first-order valence-corrected chi connectivity index (χ1v) is 9.55. The molecule has 8 nitrogen and oxygen atoms in total. The number of aryl methyl sites for hydroxylation is 3. The highest BCUT2D eigenvalue weighted by Gasteiger charge is 2.31. The van der Waals surface area contributed by atoms with Crippen molar-refractivity contribution in [2.45, 2.75) is 39.8 Å². The molecule has 3 heterocycles. The van der Waals surface area contributed by atoms with Gasteiger partial charge in [-0.05, 0) is 33.3 Å². The largest absolute Gasteiger partial charge is 0.361 e. The maximum Gasteiger partial charge on any atom is 0.274 e. The number of rotatable bonds is 4. The van der Waals surface area contributed by atoms with Crippen LogP contribution in [0.1, 0.15) is 39.6 Å². The first-order valence-electron chi connectivity index (χ1n) is 7.72. The van der Waals surface area contributed by atoms with Crippen LogP contribution in [0.15, 0.2) is 10.6 Å². The van der Waals surface area contributed by atoms with Gasteiger partial charge < -0.3 is 9.84 Å². The van der Waals surface area contributed by atoms with Gasteiger partial charge in [0.1, 0.15) is 5.76 Å². The highest BCUT2D eigenvalue weighted by Crippen LogP contribution is 2.18. The number of nitrogens with one attached hydrogen (secondary N) is 1. The second-order valence-electron chi connectivity index (χ2n) is 6.22. The van der Waals surface area contributed by atoms with Crippen LogP contribution in [0.3, 0.4) is 0 Å². The third-order valence-corrected chi connectivity index (χ3v) is 5.95. The van der Waals surface area contributed by atoms with Gasteiger partial charge in [0.25, 0.3) is 5.91 Å². The molecule has 3 rings (SSSR count). The Kier molecular flexibility index (Phi) is 4.20. The van der Waals surface area contributed by atoms with E-state index in [1.165, 1.54) is 0 Å². The van der Waals surface area contributed by atoms with Crippen molar-refractivity contribution < 1.29 is 17.7 Å². The predicted molar refractivity (Wildman–Crippen MR) is 86.6 cm³/mol. The molecule has 0 saturated carbocycles. The summed E-state index contributed by atoms with van der Waals surface area (Å²) in [5.74, 6) is 0.216. The lowest BCUT2D eigenvalue weighted by atomic mass is 10.1. The van der Waals surface area contributed by atoms with E-state index >= 15 is 0 Å². The van der Waals surface area contributed by atoms with Crippen LogP contribution >= 0.6 is 0 Å². The number of hydrogen-bond donors (Lipinski definition) is 1. The fraction of sp³-hybridized carbons (Fsp3) is 0.533. The molecule has 9 heteroatoms. The van der Waals surface area contributed by atoms with Crippen LogP contribution < -0.4 is 5.32 Å². The minimum absolute atomic E-state index is 0.0254. The quantitative estimate of drug-likeness (QED) is 0.870. The molecule has 1 atom stereocenters. The van der Waals surface area contributed by atoms with Crippen molar-refractivity contribution in [3.63, 3.8) is 0 Å². The van der Waals surface area contributed by atoms with Crippen molar-refractivity contribution in [3.8, 4) is 0 Å². The van der Waals surface area contributed by atoms with E-state index in [1.807, 2.05) is 19.9 Å². The molecule has 0 aromatic carbocycles. The molecular weight excluding hydrogens is 332 g/mol. The lowest BCUT2D eigenvalue weighted by Gasteiger charge is -2.10. The molecule has 1 unspecified atom stereocenters. The zero-order valence-electron chi connectivity index (χ0n) is 13.9. The van der Waals surface area contributed by atoms with Gasteiger partial charge in [-0.3, -0.25) is 9.48 Å². The summed E-state index contributed by atoms with van der Waals surface area (Å²) in [4.78, 5) is 12.5. The van der Waals surface area contributed by atoms with E-state index in [0.717, 1.165) is 11.4 Å². The molecule has 0 spiro atoms. The summed E-state index contributed by atoms with van der Waals surface area (Å²) in [5, 5.41) is 11.0. The summed E-state index contributed by atoms with van der Waals surface area (Å²) in [5.41, 5.74) is 2.70. The van der Waals surface area contributed by atoms with E-state index < -0.39 is 15.7 Å². The van der Waals surface area contributed by atoms with E-state index in [1.54, 1.807) is 11.6 Å². The van der Waals surface area contributed by atoms with Gasteiger partial charge in [0.15, 0.2) is 15.5 Å². The average Bonchev–Trinajstić information content (AvgIpc) is 3.10. The SMILES string of the molecule is Cc1cc(C)n(Cc2c(C(=O)NC3CCS(=O)(=O)C3)noc2C)n1. The second kappa shape index (κ2) is 6.04. The Hall–Kier alpha value is -2.16. The first kappa shape index (κ1) is 16.7. The van der Waals surface area contributed by atoms with E-state index in [9.17, 15) is 13.2 Å². The van der Waals surface area contributed by atoms with Crippen LogP contribution in [-0.2, 0) is 16.4 Å². The lowest BCUT2D eigenvalue weighted by molar-refractivity contribution is 0.0931. The van der Waals surface area contributed by atoms with Crippen LogP contribution in [0.2, 0.25) is 0 Å². The molecule has 2 aromatic rings. The molecule has 1 fully saturated rings. The second-order valence-corrected chi connectivity index (χ2v) is 8.45. The predicted octanol–water partition coefficient (Wildman–Crippen LogP) is 0.762. The molecule has 1 aliphatic heterocycles. The van der Waals surface area contributed by atoms with Gasteiger partial charge in [-0.1, -0.05) is 5.16 Å². The van der Waals surface area contributed by atoms with Gasteiger partial charge in [-0.15, -0.1) is 0 Å². The third kappa shape index (κ3) is 3.35. The summed E-state index contributed by atoms with van der Waals surface area (Å²) in [6.07, 6.45) is 0.428. The van der Waals surface area contributed by atoms with Gasteiger partial charge in [0.05, 0.1) is 23.7 Å². The van der Waals surface area contributed by atoms with Crippen LogP contribution in [0.4, 0.5) is 0 Å². The molecule has 1 saturated heterocycles. The number of carbonyl (C=O) groups is 1. The van der Waals surface area contributed by atoms with Crippen LogP contribution in [0, 0.1) is 20.8 Å². The van der Waals surface area contributed by atoms with Crippen LogP contribution in [-0.4, -0.2) is 46.8 Å². The molecule has 130 valence electrons. The Balaban J connectivity index is 1.79. The summed E-state index contributed by atoms with van der Waals surface area (Å²) < 4.78 is 30.0. The molecule has 0 aliphatic carbocycles.